The zero-order chi connectivity index (χ0) is 14.4. The average Bonchev–Trinajstić information content (AvgIpc) is 2.52. The summed E-state index contributed by atoms with van der Waals surface area (Å²) >= 11 is 0. The minimum Gasteiger partial charge on any atom is -0.497 e. The van der Waals surface area contributed by atoms with Crippen LogP contribution in [0.15, 0.2) is 54.6 Å². The van der Waals surface area contributed by atoms with Gasteiger partial charge in [0.25, 0.3) is 0 Å². The van der Waals surface area contributed by atoms with Gasteiger partial charge in [0, 0.05) is 0 Å². The Morgan fingerprint density at radius 2 is 1.40 bits per heavy atom. The summed E-state index contributed by atoms with van der Waals surface area (Å²) in [6, 6.07) is 16.3. The van der Waals surface area contributed by atoms with E-state index in [4.69, 9.17) is 9.47 Å². The summed E-state index contributed by atoms with van der Waals surface area (Å²) in [6.07, 6.45) is 3.20. The van der Waals surface area contributed by atoms with Crippen molar-refractivity contribution in [2.75, 3.05) is 14.2 Å². The van der Waals surface area contributed by atoms with Crippen LogP contribution in [0.1, 0.15) is 24.5 Å². The fraction of sp³-hybridized carbons (Fsp3) is 0.222. The highest BCUT2D eigenvalue weighted by molar-refractivity contribution is 5.80. The van der Waals surface area contributed by atoms with Gasteiger partial charge < -0.3 is 9.47 Å². The van der Waals surface area contributed by atoms with Crippen molar-refractivity contribution in [1.29, 1.82) is 0 Å². The Morgan fingerprint density at radius 3 is 1.80 bits per heavy atom. The summed E-state index contributed by atoms with van der Waals surface area (Å²) < 4.78 is 10.6. The summed E-state index contributed by atoms with van der Waals surface area (Å²) in [6.45, 7) is 2.14. The van der Waals surface area contributed by atoms with Gasteiger partial charge in [0.15, 0.2) is 0 Å². The highest BCUT2D eigenvalue weighted by Crippen LogP contribution is 2.28. The summed E-state index contributed by atoms with van der Waals surface area (Å²) in [5.41, 5.74) is 3.50. The molecule has 0 saturated heterocycles. The Hall–Kier alpha value is -2.22. The standard InChI is InChI=1S/C18H20O2/c1-4-7-18(14-8-5-10-16(12-14)19-2)15-9-6-11-17(13-15)20-3/h5-13H,4H2,1-3H3. The van der Waals surface area contributed by atoms with Gasteiger partial charge in [-0.3, -0.25) is 0 Å². The maximum atomic E-state index is 5.31. The molecule has 2 rings (SSSR count). The molecule has 0 aliphatic rings. The van der Waals surface area contributed by atoms with Gasteiger partial charge in [-0.2, -0.15) is 0 Å². The lowest BCUT2D eigenvalue weighted by atomic mass is 9.96. The molecule has 104 valence electrons. The summed E-state index contributed by atoms with van der Waals surface area (Å²) in [5, 5.41) is 0. The van der Waals surface area contributed by atoms with Crippen molar-refractivity contribution >= 4 is 5.57 Å². The Labute approximate surface area is 120 Å². The van der Waals surface area contributed by atoms with E-state index >= 15 is 0 Å². The number of methoxy groups -OCH3 is 2. The van der Waals surface area contributed by atoms with Gasteiger partial charge in [0.2, 0.25) is 0 Å². The highest BCUT2D eigenvalue weighted by atomic mass is 16.5. The molecular weight excluding hydrogens is 248 g/mol. The zero-order valence-corrected chi connectivity index (χ0v) is 12.2. The quantitative estimate of drug-likeness (QED) is 0.792. The molecule has 0 saturated carbocycles. The molecule has 2 aromatic rings. The van der Waals surface area contributed by atoms with Crippen LogP contribution in [0.3, 0.4) is 0 Å². The fourth-order valence-corrected chi connectivity index (χ4v) is 2.19. The lowest BCUT2D eigenvalue weighted by Gasteiger charge is -2.11. The number of ether oxygens (including phenoxy) is 2. The molecule has 20 heavy (non-hydrogen) atoms. The molecule has 0 radical (unpaired) electrons. The largest absolute Gasteiger partial charge is 0.497 e. The van der Waals surface area contributed by atoms with Crippen molar-refractivity contribution in [3.8, 4) is 11.5 Å². The molecule has 0 bridgehead atoms. The van der Waals surface area contributed by atoms with Crippen molar-refractivity contribution in [2.24, 2.45) is 0 Å². The predicted octanol–water partition coefficient (Wildman–Crippen LogP) is 4.55. The van der Waals surface area contributed by atoms with Crippen LogP contribution < -0.4 is 9.47 Å². The maximum absolute atomic E-state index is 5.31. The molecule has 0 aliphatic heterocycles. The summed E-state index contributed by atoms with van der Waals surface area (Å²) in [5.74, 6) is 1.74. The van der Waals surface area contributed by atoms with Crippen LogP contribution in [0.5, 0.6) is 11.5 Å². The highest BCUT2D eigenvalue weighted by Gasteiger charge is 2.07. The van der Waals surface area contributed by atoms with E-state index in [9.17, 15) is 0 Å². The van der Waals surface area contributed by atoms with Gasteiger partial charge in [-0.1, -0.05) is 37.3 Å². The van der Waals surface area contributed by atoms with Gasteiger partial charge in [0.1, 0.15) is 11.5 Å². The lowest BCUT2D eigenvalue weighted by Crippen LogP contribution is -1.91. The second-order valence-corrected chi connectivity index (χ2v) is 4.49. The molecule has 0 atom stereocenters. The Kier molecular flexibility index (Phi) is 4.83. The second kappa shape index (κ2) is 6.80. The monoisotopic (exact) mass is 268 g/mol. The fourth-order valence-electron chi connectivity index (χ4n) is 2.19. The average molecular weight is 268 g/mol. The van der Waals surface area contributed by atoms with Gasteiger partial charge in [0.05, 0.1) is 14.2 Å². The third-order valence-electron chi connectivity index (χ3n) is 3.17. The number of rotatable bonds is 5. The van der Waals surface area contributed by atoms with Crippen molar-refractivity contribution < 1.29 is 9.47 Å². The molecule has 0 aliphatic carbocycles. The molecule has 0 spiro atoms. The number of hydrogen-bond acceptors (Lipinski definition) is 2. The minimum absolute atomic E-state index is 0.868. The molecule has 0 unspecified atom stereocenters. The summed E-state index contributed by atoms with van der Waals surface area (Å²) in [7, 11) is 3.38. The Balaban J connectivity index is 2.47. The van der Waals surface area contributed by atoms with E-state index in [1.807, 2.05) is 24.3 Å². The predicted molar refractivity (Wildman–Crippen MR) is 83.4 cm³/mol. The number of hydrogen-bond donors (Lipinski definition) is 0. The van der Waals surface area contributed by atoms with E-state index in [-0.39, 0.29) is 0 Å². The van der Waals surface area contributed by atoms with Crippen molar-refractivity contribution in [2.45, 2.75) is 13.3 Å². The van der Waals surface area contributed by atoms with Crippen molar-refractivity contribution in [3.05, 3.63) is 65.7 Å². The van der Waals surface area contributed by atoms with Crippen LogP contribution >= 0.6 is 0 Å². The van der Waals surface area contributed by atoms with Crippen LogP contribution in [-0.4, -0.2) is 14.2 Å². The number of allylic oxidation sites excluding steroid dienone is 1. The van der Waals surface area contributed by atoms with Crippen LogP contribution in [0.2, 0.25) is 0 Å². The van der Waals surface area contributed by atoms with Crippen LogP contribution in [0, 0.1) is 0 Å². The normalized spacial score (nSPS) is 9.95. The van der Waals surface area contributed by atoms with E-state index in [2.05, 4.69) is 37.3 Å². The van der Waals surface area contributed by atoms with Crippen LogP contribution in [-0.2, 0) is 0 Å². The molecule has 0 N–H and O–H groups in total. The smallest absolute Gasteiger partial charge is 0.119 e. The van der Waals surface area contributed by atoms with Gasteiger partial charge in [-0.05, 0) is 47.4 Å². The zero-order valence-electron chi connectivity index (χ0n) is 12.2. The van der Waals surface area contributed by atoms with E-state index in [1.165, 1.54) is 5.57 Å². The van der Waals surface area contributed by atoms with E-state index in [0.29, 0.717) is 0 Å². The number of benzene rings is 2. The van der Waals surface area contributed by atoms with Gasteiger partial charge >= 0.3 is 0 Å². The first-order chi connectivity index (χ1) is 9.78. The Bertz CT molecular complexity index is 550. The van der Waals surface area contributed by atoms with Crippen LogP contribution in [0.25, 0.3) is 5.57 Å². The first-order valence-corrected chi connectivity index (χ1v) is 6.77. The summed E-state index contributed by atoms with van der Waals surface area (Å²) in [4.78, 5) is 0. The molecular formula is C18H20O2. The molecule has 0 fully saturated rings. The molecule has 2 heteroatoms. The Morgan fingerprint density at radius 1 is 0.900 bits per heavy atom. The van der Waals surface area contributed by atoms with Crippen LogP contribution in [0.4, 0.5) is 0 Å². The van der Waals surface area contributed by atoms with Crippen molar-refractivity contribution in [1.82, 2.24) is 0 Å². The van der Waals surface area contributed by atoms with E-state index < -0.39 is 0 Å². The molecule has 0 heterocycles. The molecule has 2 nitrogen and oxygen atoms in total. The topological polar surface area (TPSA) is 18.5 Å². The van der Waals surface area contributed by atoms with Gasteiger partial charge in [-0.25, -0.2) is 0 Å². The van der Waals surface area contributed by atoms with E-state index in [0.717, 1.165) is 29.0 Å². The SMILES string of the molecule is CCC=C(c1cccc(OC)c1)c1cccc(OC)c1. The third kappa shape index (κ3) is 3.21. The third-order valence-corrected chi connectivity index (χ3v) is 3.17. The van der Waals surface area contributed by atoms with E-state index in [1.54, 1.807) is 14.2 Å². The second-order valence-electron chi connectivity index (χ2n) is 4.49. The molecule has 2 aromatic carbocycles. The molecule has 0 amide bonds. The molecule has 0 aromatic heterocycles. The minimum atomic E-state index is 0.868. The van der Waals surface area contributed by atoms with Crippen molar-refractivity contribution in [3.63, 3.8) is 0 Å². The lowest BCUT2D eigenvalue weighted by molar-refractivity contribution is 0.414. The van der Waals surface area contributed by atoms with Gasteiger partial charge in [-0.15, -0.1) is 0 Å². The first-order valence-electron chi connectivity index (χ1n) is 6.77. The first kappa shape index (κ1) is 14.2. The maximum Gasteiger partial charge on any atom is 0.119 e.